The summed E-state index contributed by atoms with van der Waals surface area (Å²) in [6.07, 6.45) is 1.10. The molecule has 0 saturated carbocycles. The Hall–Kier alpha value is -0.870. The molecule has 1 N–H and O–H groups in total. The summed E-state index contributed by atoms with van der Waals surface area (Å²) in [5.74, 6) is 0. The highest BCUT2D eigenvalue weighted by Gasteiger charge is 2.07. The molecule has 2 nitrogen and oxygen atoms in total. The Morgan fingerprint density at radius 3 is 2.81 bits per heavy atom. The maximum absolute atomic E-state index is 4.59. The second-order valence-corrected chi connectivity index (χ2v) is 5.98. The SMILES string of the molecule is CCc1ccc(-c2csc(NC(C)C)n2)s1. The van der Waals surface area contributed by atoms with E-state index in [1.54, 1.807) is 11.3 Å². The van der Waals surface area contributed by atoms with Gasteiger partial charge in [-0.15, -0.1) is 22.7 Å². The third-order valence-corrected chi connectivity index (χ3v) is 4.20. The third kappa shape index (κ3) is 2.62. The molecule has 0 fully saturated rings. The largest absolute Gasteiger partial charge is 0.359 e. The van der Waals surface area contributed by atoms with E-state index < -0.39 is 0 Å². The summed E-state index contributed by atoms with van der Waals surface area (Å²) in [5, 5.41) is 6.46. The van der Waals surface area contributed by atoms with E-state index in [2.05, 4.69) is 48.6 Å². The fourth-order valence-electron chi connectivity index (χ4n) is 1.41. The molecule has 0 saturated heterocycles. The molecule has 0 aliphatic heterocycles. The van der Waals surface area contributed by atoms with Gasteiger partial charge in [-0.3, -0.25) is 0 Å². The fourth-order valence-corrected chi connectivity index (χ4v) is 3.25. The number of nitrogens with zero attached hydrogens (tertiary/aromatic N) is 1. The summed E-state index contributed by atoms with van der Waals surface area (Å²) in [7, 11) is 0. The zero-order valence-electron chi connectivity index (χ0n) is 9.78. The third-order valence-electron chi connectivity index (χ3n) is 2.18. The van der Waals surface area contributed by atoms with Crippen molar-refractivity contribution in [3.05, 3.63) is 22.4 Å². The van der Waals surface area contributed by atoms with E-state index in [4.69, 9.17) is 0 Å². The van der Waals surface area contributed by atoms with Gasteiger partial charge in [0.15, 0.2) is 5.13 Å². The molecule has 0 bridgehead atoms. The molecule has 0 aliphatic carbocycles. The molecule has 86 valence electrons. The monoisotopic (exact) mass is 252 g/mol. The topological polar surface area (TPSA) is 24.9 Å². The zero-order chi connectivity index (χ0) is 11.5. The number of aromatic nitrogens is 1. The molecule has 0 spiro atoms. The van der Waals surface area contributed by atoms with Gasteiger partial charge in [-0.1, -0.05) is 6.92 Å². The molecular formula is C12H16N2S2. The van der Waals surface area contributed by atoms with Crippen LogP contribution in [0.2, 0.25) is 0 Å². The second-order valence-electron chi connectivity index (χ2n) is 3.96. The van der Waals surface area contributed by atoms with Crippen molar-refractivity contribution >= 4 is 27.8 Å². The Labute approximate surface area is 104 Å². The van der Waals surface area contributed by atoms with Crippen molar-refractivity contribution in [2.45, 2.75) is 33.2 Å². The highest BCUT2D eigenvalue weighted by atomic mass is 32.1. The van der Waals surface area contributed by atoms with Crippen molar-refractivity contribution in [1.82, 2.24) is 4.98 Å². The summed E-state index contributed by atoms with van der Waals surface area (Å²) in [4.78, 5) is 7.27. The summed E-state index contributed by atoms with van der Waals surface area (Å²) in [6.45, 7) is 6.44. The molecule has 2 aromatic heterocycles. The maximum Gasteiger partial charge on any atom is 0.183 e. The molecule has 0 aromatic carbocycles. The smallest absolute Gasteiger partial charge is 0.183 e. The Morgan fingerprint density at radius 2 is 2.19 bits per heavy atom. The molecule has 0 atom stereocenters. The van der Waals surface area contributed by atoms with Crippen LogP contribution in [-0.4, -0.2) is 11.0 Å². The molecule has 2 heterocycles. The van der Waals surface area contributed by atoms with Gasteiger partial charge in [0, 0.05) is 16.3 Å². The predicted octanol–water partition coefficient (Wildman–Crippen LogP) is 4.25. The van der Waals surface area contributed by atoms with E-state index in [0.717, 1.165) is 17.2 Å². The minimum absolute atomic E-state index is 0.438. The summed E-state index contributed by atoms with van der Waals surface area (Å²) in [6, 6.07) is 4.79. The number of thiazole rings is 1. The Morgan fingerprint density at radius 1 is 1.38 bits per heavy atom. The van der Waals surface area contributed by atoms with Crippen LogP contribution in [0.4, 0.5) is 5.13 Å². The maximum atomic E-state index is 4.59. The molecule has 0 radical (unpaired) electrons. The number of hydrogen-bond acceptors (Lipinski definition) is 4. The highest BCUT2D eigenvalue weighted by molar-refractivity contribution is 7.17. The van der Waals surface area contributed by atoms with Crippen molar-refractivity contribution in [2.75, 3.05) is 5.32 Å². The quantitative estimate of drug-likeness (QED) is 0.879. The van der Waals surface area contributed by atoms with Crippen LogP contribution in [0.1, 0.15) is 25.6 Å². The van der Waals surface area contributed by atoms with Gasteiger partial charge in [-0.25, -0.2) is 4.98 Å². The van der Waals surface area contributed by atoms with E-state index in [-0.39, 0.29) is 0 Å². The van der Waals surface area contributed by atoms with Gasteiger partial charge < -0.3 is 5.32 Å². The van der Waals surface area contributed by atoms with Crippen molar-refractivity contribution in [2.24, 2.45) is 0 Å². The van der Waals surface area contributed by atoms with Crippen LogP contribution in [0.15, 0.2) is 17.5 Å². The Balaban J connectivity index is 2.17. The zero-order valence-corrected chi connectivity index (χ0v) is 11.4. The number of aryl methyl sites for hydroxylation is 1. The molecular weight excluding hydrogens is 236 g/mol. The Kier molecular flexibility index (Phi) is 3.61. The first kappa shape index (κ1) is 11.6. The van der Waals surface area contributed by atoms with Gasteiger partial charge in [-0.2, -0.15) is 0 Å². The Bertz CT molecular complexity index is 457. The average Bonchev–Trinajstić information content (AvgIpc) is 2.83. The van der Waals surface area contributed by atoms with E-state index in [1.807, 2.05) is 11.3 Å². The van der Waals surface area contributed by atoms with Gasteiger partial charge in [0.2, 0.25) is 0 Å². The average molecular weight is 252 g/mol. The van der Waals surface area contributed by atoms with Crippen molar-refractivity contribution < 1.29 is 0 Å². The van der Waals surface area contributed by atoms with Gasteiger partial charge in [0.1, 0.15) is 0 Å². The molecule has 4 heteroatoms. The summed E-state index contributed by atoms with van der Waals surface area (Å²) >= 11 is 3.51. The van der Waals surface area contributed by atoms with Gasteiger partial charge >= 0.3 is 0 Å². The highest BCUT2D eigenvalue weighted by Crippen LogP contribution is 2.31. The van der Waals surface area contributed by atoms with Crippen LogP contribution in [0.3, 0.4) is 0 Å². The first-order chi connectivity index (χ1) is 7.69. The van der Waals surface area contributed by atoms with Crippen molar-refractivity contribution in [3.8, 4) is 10.6 Å². The lowest BCUT2D eigenvalue weighted by molar-refractivity contribution is 0.897. The first-order valence-electron chi connectivity index (χ1n) is 5.50. The van der Waals surface area contributed by atoms with Crippen LogP contribution in [0.25, 0.3) is 10.6 Å². The fraction of sp³-hybridized carbons (Fsp3) is 0.417. The summed E-state index contributed by atoms with van der Waals surface area (Å²) < 4.78 is 0. The number of hydrogen-bond donors (Lipinski definition) is 1. The lowest BCUT2D eigenvalue weighted by Gasteiger charge is -2.04. The van der Waals surface area contributed by atoms with E-state index in [0.29, 0.717) is 6.04 Å². The first-order valence-corrected chi connectivity index (χ1v) is 7.19. The molecule has 0 unspecified atom stereocenters. The van der Waals surface area contributed by atoms with Crippen LogP contribution in [-0.2, 0) is 6.42 Å². The minimum Gasteiger partial charge on any atom is -0.359 e. The molecule has 0 amide bonds. The van der Waals surface area contributed by atoms with Crippen molar-refractivity contribution in [3.63, 3.8) is 0 Å². The minimum atomic E-state index is 0.438. The van der Waals surface area contributed by atoms with E-state index in [9.17, 15) is 0 Å². The van der Waals surface area contributed by atoms with E-state index >= 15 is 0 Å². The van der Waals surface area contributed by atoms with Crippen LogP contribution in [0.5, 0.6) is 0 Å². The lowest BCUT2D eigenvalue weighted by atomic mass is 10.3. The normalized spacial score (nSPS) is 11.0. The summed E-state index contributed by atoms with van der Waals surface area (Å²) in [5.41, 5.74) is 1.10. The lowest BCUT2D eigenvalue weighted by Crippen LogP contribution is -2.08. The number of nitrogens with one attached hydrogen (secondary N) is 1. The van der Waals surface area contributed by atoms with Gasteiger partial charge in [0.05, 0.1) is 10.6 Å². The molecule has 16 heavy (non-hydrogen) atoms. The van der Waals surface area contributed by atoms with Crippen molar-refractivity contribution in [1.29, 1.82) is 0 Å². The van der Waals surface area contributed by atoms with Crippen LogP contribution < -0.4 is 5.32 Å². The van der Waals surface area contributed by atoms with E-state index in [1.165, 1.54) is 9.75 Å². The van der Waals surface area contributed by atoms with Gasteiger partial charge in [0.25, 0.3) is 0 Å². The number of thiophene rings is 1. The standard InChI is InChI=1S/C12H16N2S2/c1-4-9-5-6-11(16-9)10-7-15-12(14-10)13-8(2)3/h5-8H,4H2,1-3H3,(H,13,14). The molecule has 2 aromatic rings. The number of anilines is 1. The molecule has 0 aliphatic rings. The predicted molar refractivity (Wildman–Crippen MR) is 73.6 cm³/mol. The number of rotatable bonds is 4. The van der Waals surface area contributed by atoms with Crippen LogP contribution >= 0.6 is 22.7 Å². The van der Waals surface area contributed by atoms with Gasteiger partial charge in [-0.05, 0) is 32.4 Å². The molecule has 2 rings (SSSR count). The second kappa shape index (κ2) is 4.97. The van der Waals surface area contributed by atoms with Crippen LogP contribution in [0, 0.1) is 0 Å².